The minimum Gasteiger partial charge on any atom is -0.373 e. The van der Waals surface area contributed by atoms with Crippen molar-refractivity contribution in [2.45, 2.75) is 32.4 Å². The topological polar surface area (TPSA) is 12.5 Å². The van der Waals surface area contributed by atoms with E-state index in [-0.39, 0.29) is 6.10 Å². The third-order valence-corrected chi connectivity index (χ3v) is 3.89. The van der Waals surface area contributed by atoms with Crippen LogP contribution in [0.3, 0.4) is 0 Å². The third-order valence-electron chi connectivity index (χ3n) is 3.89. The van der Waals surface area contributed by atoms with Gasteiger partial charge in [-0.3, -0.25) is 0 Å². The van der Waals surface area contributed by atoms with E-state index < -0.39 is 0 Å². The Balaban J connectivity index is 2.24. The molecule has 1 aromatic rings. The Kier molecular flexibility index (Phi) is 6.17. The van der Waals surface area contributed by atoms with E-state index in [0.717, 1.165) is 31.6 Å². The summed E-state index contributed by atoms with van der Waals surface area (Å²) in [4.78, 5) is 2.20. The van der Waals surface area contributed by atoms with Crippen LogP contribution < -0.4 is 0 Å². The minimum absolute atomic E-state index is 0.0932. The zero-order chi connectivity index (χ0) is 15.9. The molecule has 0 bridgehead atoms. The van der Waals surface area contributed by atoms with Crippen LogP contribution in [-0.4, -0.2) is 25.6 Å². The molecule has 1 aromatic carbocycles. The highest BCUT2D eigenvalue weighted by atomic mass is 16.5. The molecular formula is C20H27NO. The number of hydrogen-bond acceptors (Lipinski definition) is 2. The van der Waals surface area contributed by atoms with Gasteiger partial charge in [0.15, 0.2) is 0 Å². The molecule has 1 unspecified atom stereocenters. The number of ether oxygens (including phenoxy) is 1. The number of rotatable bonds is 7. The minimum atomic E-state index is 0.0932. The van der Waals surface area contributed by atoms with Gasteiger partial charge in [-0.15, -0.1) is 0 Å². The van der Waals surface area contributed by atoms with E-state index in [1.54, 1.807) is 0 Å². The monoisotopic (exact) mass is 297 g/mol. The molecule has 0 spiro atoms. The average Bonchev–Trinajstić information content (AvgIpc) is 2.49. The van der Waals surface area contributed by atoms with Crippen molar-refractivity contribution in [1.29, 1.82) is 0 Å². The van der Waals surface area contributed by atoms with Crippen LogP contribution in [0.15, 0.2) is 60.2 Å². The first kappa shape index (κ1) is 16.7. The molecule has 1 atom stereocenters. The Morgan fingerprint density at radius 2 is 2.05 bits per heavy atom. The summed E-state index contributed by atoms with van der Waals surface area (Å²) in [5.41, 5.74) is 5.05. The predicted molar refractivity (Wildman–Crippen MR) is 93.8 cm³/mol. The first-order valence-corrected chi connectivity index (χ1v) is 8.00. The predicted octanol–water partition coefficient (Wildman–Crippen LogP) is 4.66. The second-order valence-electron chi connectivity index (χ2n) is 5.98. The molecule has 2 rings (SSSR count). The summed E-state index contributed by atoms with van der Waals surface area (Å²) >= 11 is 0. The van der Waals surface area contributed by atoms with Gasteiger partial charge < -0.3 is 9.64 Å². The average molecular weight is 297 g/mol. The van der Waals surface area contributed by atoms with E-state index in [9.17, 15) is 0 Å². The highest BCUT2D eigenvalue weighted by molar-refractivity contribution is 5.42. The summed E-state index contributed by atoms with van der Waals surface area (Å²) in [5.74, 6) is 0. The van der Waals surface area contributed by atoms with Crippen molar-refractivity contribution >= 4 is 0 Å². The lowest BCUT2D eigenvalue weighted by atomic mass is 9.91. The first-order valence-electron chi connectivity index (χ1n) is 8.00. The molecule has 118 valence electrons. The van der Waals surface area contributed by atoms with Crippen LogP contribution in [0.5, 0.6) is 0 Å². The van der Waals surface area contributed by atoms with Crippen molar-refractivity contribution in [3.05, 3.63) is 71.3 Å². The highest BCUT2D eigenvalue weighted by Crippen LogP contribution is 2.32. The Morgan fingerprint density at radius 3 is 2.73 bits per heavy atom. The van der Waals surface area contributed by atoms with Crippen molar-refractivity contribution in [2.75, 3.05) is 20.7 Å². The maximum Gasteiger partial charge on any atom is 0.0868 e. The van der Waals surface area contributed by atoms with Gasteiger partial charge in [-0.25, -0.2) is 0 Å². The molecule has 0 N–H and O–H groups in total. The van der Waals surface area contributed by atoms with Crippen molar-refractivity contribution in [3.63, 3.8) is 0 Å². The fourth-order valence-corrected chi connectivity index (χ4v) is 2.87. The molecule has 0 fully saturated rings. The molecule has 0 heterocycles. The molecular weight excluding hydrogens is 270 g/mol. The molecule has 0 radical (unpaired) electrons. The molecule has 22 heavy (non-hydrogen) atoms. The smallest absolute Gasteiger partial charge is 0.0868 e. The molecule has 2 heteroatoms. The van der Waals surface area contributed by atoms with Crippen molar-refractivity contribution in [3.8, 4) is 0 Å². The van der Waals surface area contributed by atoms with Gasteiger partial charge in [-0.1, -0.05) is 49.1 Å². The van der Waals surface area contributed by atoms with E-state index in [0.29, 0.717) is 0 Å². The highest BCUT2D eigenvalue weighted by Gasteiger charge is 2.18. The van der Waals surface area contributed by atoms with Crippen LogP contribution in [0.1, 0.15) is 37.0 Å². The molecule has 1 aliphatic carbocycles. The van der Waals surface area contributed by atoms with E-state index in [4.69, 9.17) is 4.74 Å². The molecule has 0 amide bonds. The molecule has 0 saturated carbocycles. The molecule has 2 nitrogen and oxygen atoms in total. The number of allylic oxidation sites excluding steroid dienone is 4. The quantitative estimate of drug-likeness (QED) is 0.726. The second-order valence-corrected chi connectivity index (χ2v) is 5.98. The van der Waals surface area contributed by atoms with Gasteiger partial charge in [0.2, 0.25) is 0 Å². The Labute approximate surface area is 134 Å². The number of nitrogens with zero attached hydrogens (tertiary/aromatic N) is 1. The van der Waals surface area contributed by atoms with Crippen LogP contribution in [0.25, 0.3) is 0 Å². The van der Waals surface area contributed by atoms with Crippen LogP contribution in [-0.2, 0) is 11.3 Å². The zero-order valence-electron chi connectivity index (χ0n) is 14.0. The number of benzene rings is 1. The lowest BCUT2D eigenvalue weighted by Crippen LogP contribution is -2.15. The summed E-state index contributed by atoms with van der Waals surface area (Å²) in [5, 5.41) is 0. The number of hydrogen-bond donors (Lipinski definition) is 0. The Morgan fingerprint density at radius 1 is 1.27 bits per heavy atom. The van der Waals surface area contributed by atoms with Crippen LogP contribution in [0, 0.1) is 0 Å². The molecule has 1 aliphatic rings. The second kappa shape index (κ2) is 8.11. The molecule has 0 aliphatic heterocycles. The SMILES string of the molecule is C=C1C=CCC=C1CC(OCC)c1ccccc1CN(C)C. The van der Waals surface area contributed by atoms with Gasteiger partial charge in [0.1, 0.15) is 0 Å². The van der Waals surface area contributed by atoms with Crippen LogP contribution in [0.2, 0.25) is 0 Å². The van der Waals surface area contributed by atoms with Gasteiger partial charge >= 0.3 is 0 Å². The Hall–Kier alpha value is -1.64. The fraction of sp³-hybridized carbons (Fsp3) is 0.400. The summed E-state index contributed by atoms with van der Waals surface area (Å²) in [6.07, 6.45) is 8.51. The summed E-state index contributed by atoms with van der Waals surface area (Å²) in [6, 6.07) is 8.60. The standard InChI is InChI=1S/C20H27NO/c1-5-22-20(14-17-11-7-6-10-16(17)2)19-13-9-8-12-18(19)15-21(3)4/h6,8-13,20H,2,5,7,14-15H2,1,3-4H3. The van der Waals surface area contributed by atoms with Crippen LogP contribution in [0.4, 0.5) is 0 Å². The van der Waals surface area contributed by atoms with E-state index in [1.807, 2.05) is 0 Å². The first-order chi connectivity index (χ1) is 10.6. The van der Waals surface area contributed by atoms with Gasteiger partial charge in [0.05, 0.1) is 6.10 Å². The maximum atomic E-state index is 6.08. The lowest BCUT2D eigenvalue weighted by Gasteiger charge is -2.24. The van der Waals surface area contributed by atoms with Crippen LogP contribution >= 0.6 is 0 Å². The van der Waals surface area contributed by atoms with Crippen molar-refractivity contribution in [1.82, 2.24) is 4.90 Å². The van der Waals surface area contributed by atoms with Gasteiger partial charge in [-0.05, 0) is 49.7 Å². The summed E-state index contributed by atoms with van der Waals surface area (Å²) in [7, 11) is 4.20. The van der Waals surface area contributed by atoms with E-state index >= 15 is 0 Å². The van der Waals surface area contributed by atoms with E-state index in [1.165, 1.54) is 16.7 Å². The van der Waals surface area contributed by atoms with E-state index in [2.05, 4.69) is 75.0 Å². The maximum absolute atomic E-state index is 6.08. The normalized spacial score (nSPS) is 16.0. The summed E-state index contributed by atoms with van der Waals surface area (Å²) < 4.78 is 6.08. The largest absolute Gasteiger partial charge is 0.373 e. The lowest BCUT2D eigenvalue weighted by molar-refractivity contribution is 0.0622. The van der Waals surface area contributed by atoms with Crippen molar-refractivity contribution < 1.29 is 4.74 Å². The van der Waals surface area contributed by atoms with Crippen molar-refractivity contribution in [2.24, 2.45) is 0 Å². The Bertz CT molecular complexity index is 569. The summed E-state index contributed by atoms with van der Waals surface area (Å²) in [6.45, 7) is 7.86. The van der Waals surface area contributed by atoms with Gasteiger partial charge in [0.25, 0.3) is 0 Å². The zero-order valence-corrected chi connectivity index (χ0v) is 14.0. The fourth-order valence-electron chi connectivity index (χ4n) is 2.87. The van der Waals surface area contributed by atoms with Gasteiger partial charge in [-0.2, -0.15) is 0 Å². The molecule has 0 saturated heterocycles. The molecule has 0 aromatic heterocycles. The van der Waals surface area contributed by atoms with Gasteiger partial charge in [0, 0.05) is 19.6 Å². The third kappa shape index (κ3) is 4.43.